The fourth-order valence-corrected chi connectivity index (χ4v) is 2.63. The summed E-state index contributed by atoms with van der Waals surface area (Å²) in [6.07, 6.45) is 10.1. The Morgan fingerprint density at radius 1 is 1.09 bits per heavy atom. The molecule has 2 rings (SSSR count). The predicted molar refractivity (Wildman–Crippen MR) is 95.0 cm³/mol. The zero-order chi connectivity index (χ0) is 16.7. The van der Waals surface area contributed by atoms with Crippen LogP contribution >= 0.6 is 0 Å². The van der Waals surface area contributed by atoms with Crippen LogP contribution < -0.4 is 0 Å². The van der Waals surface area contributed by atoms with Crippen LogP contribution in [0.5, 0.6) is 0 Å². The fraction of sp³-hybridized carbons (Fsp3) is 0.381. The van der Waals surface area contributed by atoms with E-state index in [1.165, 1.54) is 11.1 Å². The molecule has 0 amide bonds. The molecule has 1 aromatic rings. The van der Waals surface area contributed by atoms with Crippen molar-refractivity contribution in [2.45, 2.75) is 52.6 Å². The summed E-state index contributed by atoms with van der Waals surface area (Å²) in [5.74, 6) is -0.172. The molecule has 0 fully saturated rings. The molecule has 1 aliphatic heterocycles. The van der Waals surface area contributed by atoms with Crippen LogP contribution in [0.1, 0.15) is 58.1 Å². The third-order valence-electron chi connectivity index (χ3n) is 3.97. The number of benzene rings is 1. The minimum absolute atomic E-state index is 0.172. The van der Waals surface area contributed by atoms with Gasteiger partial charge < -0.3 is 4.74 Å². The number of hydrogen-bond acceptors (Lipinski definition) is 2. The van der Waals surface area contributed by atoms with E-state index in [1.54, 1.807) is 0 Å². The fourth-order valence-electron chi connectivity index (χ4n) is 2.63. The first-order chi connectivity index (χ1) is 11.1. The maximum atomic E-state index is 12.0. The molecular weight excluding hydrogens is 284 g/mol. The molecule has 1 heterocycles. The van der Waals surface area contributed by atoms with Gasteiger partial charge in [-0.3, -0.25) is 0 Å². The lowest BCUT2D eigenvalue weighted by molar-refractivity contribution is -0.140. The van der Waals surface area contributed by atoms with Crippen LogP contribution in [-0.4, -0.2) is 5.97 Å². The molecule has 1 atom stereocenters. The first kappa shape index (κ1) is 17.3. The van der Waals surface area contributed by atoms with Crippen LogP contribution in [0.2, 0.25) is 0 Å². The summed E-state index contributed by atoms with van der Waals surface area (Å²) in [5.41, 5.74) is 4.58. The van der Waals surface area contributed by atoms with Gasteiger partial charge in [-0.15, -0.1) is 0 Å². The molecule has 2 nitrogen and oxygen atoms in total. The molecule has 23 heavy (non-hydrogen) atoms. The Morgan fingerprint density at radius 2 is 1.83 bits per heavy atom. The van der Waals surface area contributed by atoms with Crippen molar-refractivity contribution in [3.8, 4) is 0 Å². The lowest BCUT2D eigenvalue weighted by atomic mass is 10.0. The SMILES string of the molecule is CC(C)=CCC/C(C)=C/CCC1=CC(c2ccccc2)OC1=O. The molecule has 0 saturated heterocycles. The van der Waals surface area contributed by atoms with Crippen molar-refractivity contribution in [3.63, 3.8) is 0 Å². The van der Waals surface area contributed by atoms with E-state index >= 15 is 0 Å². The van der Waals surface area contributed by atoms with Crippen molar-refractivity contribution >= 4 is 5.97 Å². The Labute approximate surface area is 139 Å². The zero-order valence-corrected chi connectivity index (χ0v) is 14.3. The molecule has 0 radical (unpaired) electrons. The summed E-state index contributed by atoms with van der Waals surface area (Å²) in [6, 6.07) is 9.88. The quantitative estimate of drug-likeness (QED) is 0.478. The summed E-state index contributed by atoms with van der Waals surface area (Å²) in [5, 5.41) is 0. The van der Waals surface area contributed by atoms with Gasteiger partial charge in [0.25, 0.3) is 0 Å². The molecule has 122 valence electrons. The number of esters is 1. The van der Waals surface area contributed by atoms with Crippen molar-refractivity contribution < 1.29 is 9.53 Å². The summed E-state index contributed by atoms with van der Waals surface area (Å²) in [4.78, 5) is 12.0. The van der Waals surface area contributed by atoms with Crippen molar-refractivity contribution in [3.05, 3.63) is 70.8 Å². The number of allylic oxidation sites excluding steroid dienone is 4. The van der Waals surface area contributed by atoms with Gasteiger partial charge >= 0.3 is 5.97 Å². The Kier molecular flexibility index (Phi) is 6.40. The number of hydrogen-bond donors (Lipinski definition) is 0. The maximum Gasteiger partial charge on any atom is 0.334 e. The summed E-state index contributed by atoms with van der Waals surface area (Å²) in [7, 11) is 0. The zero-order valence-electron chi connectivity index (χ0n) is 14.3. The molecule has 0 bridgehead atoms. The maximum absolute atomic E-state index is 12.0. The minimum Gasteiger partial charge on any atom is -0.450 e. The van der Waals surface area contributed by atoms with Crippen LogP contribution in [0.25, 0.3) is 0 Å². The van der Waals surface area contributed by atoms with Gasteiger partial charge in [-0.2, -0.15) is 0 Å². The molecule has 0 spiro atoms. The number of carbonyl (C=O) groups is 1. The van der Waals surface area contributed by atoms with Gasteiger partial charge in [-0.05, 0) is 58.1 Å². The minimum atomic E-state index is -0.221. The van der Waals surface area contributed by atoms with E-state index in [0.29, 0.717) is 0 Å². The molecule has 0 saturated carbocycles. The van der Waals surface area contributed by atoms with E-state index in [4.69, 9.17) is 4.74 Å². The van der Waals surface area contributed by atoms with Crippen molar-refractivity contribution in [1.82, 2.24) is 0 Å². The lowest BCUT2D eigenvalue weighted by Gasteiger charge is -2.07. The van der Waals surface area contributed by atoms with E-state index < -0.39 is 0 Å². The van der Waals surface area contributed by atoms with Crippen LogP contribution in [0.3, 0.4) is 0 Å². The summed E-state index contributed by atoms with van der Waals surface area (Å²) < 4.78 is 5.45. The third kappa shape index (κ3) is 5.55. The van der Waals surface area contributed by atoms with Gasteiger partial charge in [0.15, 0.2) is 0 Å². The largest absolute Gasteiger partial charge is 0.450 e. The standard InChI is InChI=1S/C21H26O2/c1-16(2)9-7-10-17(3)11-8-14-19-15-20(23-21(19)22)18-12-5-4-6-13-18/h4-6,9,11-13,15,20H,7-8,10,14H2,1-3H3/b17-11+. The topological polar surface area (TPSA) is 26.3 Å². The van der Waals surface area contributed by atoms with Crippen LogP contribution in [0.4, 0.5) is 0 Å². The first-order valence-corrected chi connectivity index (χ1v) is 8.32. The average Bonchev–Trinajstić information content (AvgIpc) is 2.89. The molecule has 1 aliphatic rings. The van der Waals surface area contributed by atoms with Crippen LogP contribution in [-0.2, 0) is 9.53 Å². The summed E-state index contributed by atoms with van der Waals surface area (Å²) in [6.45, 7) is 6.41. The Hall–Kier alpha value is -2.09. The number of carbonyl (C=O) groups excluding carboxylic acids is 1. The van der Waals surface area contributed by atoms with Crippen LogP contribution in [0, 0.1) is 0 Å². The molecule has 2 heteroatoms. The van der Waals surface area contributed by atoms with Crippen molar-refractivity contribution in [2.24, 2.45) is 0 Å². The Balaban J connectivity index is 1.85. The van der Waals surface area contributed by atoms with E-state index in [9.17, 15) is 4.79 Å². The average molecular weight is 310 g/mol. The number of cyclic esters (lactones) is 1. The van der Waals surface area contributed by atoms with Crippen molar-refractivity contribution in [2.75, 3.05) is 0 Å². The molecule has 1 aromatic carbocycles. The third-order valence-corrected chi connectivity index (χ3v) is 3.97. The van der Waals surface area contributed by atoms with Gasteiger partial charge in [-0.25, -0.2) is 4.79 Å². The van der Waals surface area contributed by atoms with E-state index in [2.05, 4.69) is 32.9 Å². The highest BCUT2D eigenvalue weighted by Crippen LogP contribution is 2.29. The molecule has 0 N–H and O–H groups in total. The molecule has 0 aromatic heterocycles. The second kappa shape index (κ2) is 8.52. The molecule has 1 unspecified atom stereocenters. The number of rotatable bonds is 7. The van der Waals surface area contributed by atoms with E-state index in [0.717, 1.165) is 36.8 Å². The van der Waals surface area contributed by atoms with Gasteiger partial charge in [0.2, 0.25) is 0 Å². The van der Waals surface area contributed by atoms with Crippen LogP contribution in [0.15, 0.2) is 65.3 Å². The number of ether oxygens (including phenoxy) is 1. The van der Waals surface area contributed by atoms with Crippen molar-refractivity contribution in [1.29, 1.82) is 0 Å². The smallest absolute Gasteiger partial charge is 0.334 e. The summed E-state index contributed by atoms with van der Waals surface area (Å²) >= 11 is 0. The highest BCUT2D eigenvalue weighted by Gasteiger charge is 2.25. The van der Waals surface area contributed by atoms with Gasteiger partial charge in [0.05, 0.1) is 0 Å². The Morgan fingerprint density at radius 3 is 2.52 bits per heavy atom. The normalized spacial score (nSPS) is 17.7. The second-order valence-electron chi connectivity index (χ2n) is 6.34. The highest BCUT2D eigenvalue weighted by atomic mass is 16.5. The molecular formula is C21H26O2. The Bertz CT molecular complexity index is 617. The molecule has 0 aliphatic carbocycles. The van der Waals surface area contributed by atoms with Gasteiger partial charge in [0.1, 0.15) is 6.10 Å². The van der Waals surface area contributed by atoms with Gasteiger partial charge in [0, 0.05) is 5.57 Å². The second-order valence-corrected chi connectivity index (χ2v) is 6.34. The monoisotopic (exact) mass is 310 g/mol. The highest BCUT2D eigenvalue weighted by molar-refractivity contribution is 5.91. The van der Waals surface area contributed by atoms with E-state index in [-0.39, 0.29) is 12.1 Å². The predicted octanol–water partition coefficient (Wildman–Crippen LogP) is 5.68. The van der Waals surface area contributed by atoms with Gasteiger partial charge in [-0.1, -0.05) is 53.6 Å². The lowest BCUT2D eigenvalue weighted by Crippen LogP contribution is -2.02. The van der Waals surface area contributed by atoms with E-state index in [1.807, 2.05) is 36.4 Å². The first-order valence-electron chi connectivity index (χ1n) is 8.32.